The number of nitrogens with zero attached hydrogens (tertiary/aromatic N) is 4. The maximum absolute atomic E-state index is 11.8. The highest BCUT2D eigenvalue weighted by atomic mass is 32.1. The fourth-order valence-electron chi connectivity index (χ4n) is 1.47. The van der Waals surface area contributed by atoms with Gasteiger partial charge in [-0.2, -0.15) is 0 Å². The van der Waals surface area contributed by atoms with Crippen LogP contribution in [0.1, 0.15) is 15.9 Å². The summed E-state index contributed by atoms with van der Waals surface area (Å²) in [5.41, 5.74) is 1.03. The largest absolute Gasteiger partial charge is 0.478 e. The van der Waals surface area contributed by atoms with Gasteiger partial charge in [0.25, 0.3) is 0 Å². The number of amides is 2. The molecule has 0 aliphatic heterocycles. The average Bonchev–Trinajstić information content (AvgIpc) is 2.92. The Balaban J connectivity index is 1.95. The van der Waals surface area contributed by atoms with Crippen molar-refractivity contribution in [2.24, 2.45) is 0 Å². The molecular formula is C11H11N5O3S. The minimum absolute atomic E-state index is 0.209. The van der Waals surface area contributed by atoms with Crippen molar-refractivity contribution in [3.05, 3.63) is 35.4 Å². The molecule has 20 heavy (non-hydrogen) atoms. The predicted octanol–water partition coefficient (Wildman–Crippen LogP) is 1.30. The number of urea groups is 1. The molecule has 0 unspecified atom stereocenters. The number of aromatic nitrogens is 3. The number of nitrogens with one attached hydrogen (secondary N) is 1. The molecule has 0 saturated heterocycles. The van der Waals surface area contributed by atoms with Crippen LogP contribution in [-0.4, -0.2) is 43.9 Å². The Morgan fingerprint density at radius 2 is 2.05 bits per heavy atom. The Bertz CT molecular complexity index is 599. The molecule has 2 rings (SSSR count). The first-order valence-electron chi connectivity index (χ1n) is 5.55. The van der Waals surface area contributed by atoms with Gasteiger partial charge in [-0.05, 0) is 22.9 Å². The van der Waals surface area contributed by atoms with E-state index in [0.29, 0.717) is 11.7 Å². The molecule has 0 aliphatic rings. The number of carbonyl (C=O) groups is 2. The molecule has 0 spiro atoms. The first-order chi connectivity index (χ1) is 9.56. The van der Waals surface area contributed by atoms with E-state index < -0.39 is 5.97 Å². The Hall–Kier alpha value is -2.55. The molecule has 0 fully saturated rings. The summed E-state index contributed by atoms with van der Waals surface area (Å²) in [5.74, 6) is -0.980. The van der Waals surface area contributed by atoms with Crippen molar-refractivity contribution < 1.29 is 14.7 Å². The normalized spacial score (nSPS) is 10.1. The van der Waals surface area contributed by atoms with Crippen molar-refractivity contribution in [3.63, 3.8) is 0 Å². The Morgan fingerprint density at radius 3 is 2.60 bits per heavy atom. The van der Waals surface area contributed by atoms with Gasteiger partial charge in [-0.15, -0.1) is 0 Å². The van der Waals surface area contributed by atoms with Crippen LogP contribution < -0.4 is 5.32 Å². The molecule has 0 aliphatic carbocycles. The van der Waals surface area contributed by atoms with E-state index >= 15 is 0 Å². The van der Waals surface area contributed by atoms with Gasteiger partial charge < -0.3 is 10.0 Å². The van der Waals surface area contributed by atoms with Crippen molar-refractivity contribution in [2.75, 3.05) is 12.4 Å². The second kappa shape index (κ2) is 6.06. The zero-order valence-electron chi connectivity index (χ0n) is 10.5. The van der Waals surface area contributed by atoms with Crippen LogP contribution in [0, 0.1) is 0 Å². The van der Waals surface area contributed by atoms with E-state index in [1.165, 1.54) is 17.0 Å². The highest BCUT2D eigenvalue weighted by Gasteiger charge is 2.11. The quantitative estimate of drug-likeness (QED) is 0.879. The maximum atomic E-state index is 11.8. The zero-order chi connectivity index (χ0) is 14.5. The van der Waals surface area contributed by atoms with Crippen LogP contribution in [0.4, 0.5) is 9.93 Å². The predicted molar refractivity (Wildman–Crippen MR) is 71.6 cm³/mol. The fraction of sp³-hybridized carbons (Fsp3) is 0.182. The van der Waals surface area contributed by atoms with Crippen molar-refractivity contribution in [1.29, 1.82) is 0 Å². The molecule has 1 aromatic heterocycles. The van der Waals surface area contributed by atoms with E-state index in [9.17, 15) is 9.59 Å². The molecule has 104 valence electrons. The van der Waals surface area contributed by atoms with Gasteiger partial charge in [-0.3, -0.25) is 5.32 Å². The van der Waals surface area contributed by atoms with Gasteiger partial charge in [0.1, 0.15) is 0 Å². The van der Waals surface area contributed by atoms with Gasteiger partial charge in [0.05, 0.1) is 5.56 Å². The Morgan fingerprint density at radius 1 is 1.35 bits per heavy atom. The van der Waals surface area contributed by atoms with E-state index in [4.69, 9.17) is 5.11 Å². The van der Waals surface area contributed by atoms with E-state index in [1.807, 2.05) is 0 Å². The van der Waals surface area contributed by atoms with E-state index in [1.54, 1.807) is 19.2 Å². The number of hydrogen-bond acceptors (Lipinski definition) is 6. The van der Waals surface area contributed by atoms with Crippen LogP contribution >= 0.6 is 11.5 Å². The summed E-state index contributed by atoms with van der Waals surface area (Å²) < 4.78 is 3.54. The SMILES string of the molecule is CN(Cc1ccc(C(=O)O)cc1)C(=O)Nc1nnns1. The summed E-state index contributed by atoms with van der Waals surface area (Å²) in [6, 6.07) is 5.99. The molecule has 1 aromatic carbocycles. The number of carboxylic acid groups (broad SMARTS) is 1. The first kappa shape index (κ1) is 13.9. The lowest BCUT2D eigenvalue weighted by molar-refractivity contribution is 0.0697. The lowest BCUT2D eigenvalue weighted by atomic mass is 10.1. The molecular weight excluding hydrogens is 282 g/mol. The molecule has 9 heteroatoms. The summed E-state index contributed by atoms with van der Waals surface area (Å²) >= 11 is 0.984. The number of anilines is 1. The number of benzene rings is 1. The van der Waals surface area contributed by atoms with Crippen LogP contribution in [0.25, 0.3) is 0 Å². The third kappa shape index (κ3) is 3.48. The van der Waals surface area contributed by atoms with Crippen molar-refractivity contribution in [3.8, 4) is 0 Å². The molecule has 0 bridgehead atoms. The zero-order valence-corrected chi connectivity index (χ0v) is 11.3. The summed E-state index contributed by atoms with van der Waals surface area (Å²) in [5, 5.41) is 18.7. The van der Waals surface area contributed by atoms with Crippen molar-refractivity contribution in [1.82, 2.24) is 19.7 Å². The van der Waals surface area contributed by atoms with Crippen LogP contribution in [-0.2, 0) is 6.54 Å². The third-order valence-electron chi connectivity index (χ3n) is 2.48. The second-order valence-electron chi connectivity index (χ2n) is 3.96. The first-order valence-corrected chi connectivity index (χ1v) is 6.33. The molecule has 0 saturated carbocycles. The van der Waals surface area contributed by atoms with Crippen LogP contribution in [0.3, 0.4) is 0 Å². The van der Waals surface area contributed by atoms with Crippen molar-refractivity contribution >= 4 is 28.7 Å². The van der Waals surface area contributed by atoms with Gasteiger partial charge in [-0.1, -0.05) is 21.7 Å². The lowest BCUT2D eigenvalue weighted by Gasteiger charge is -2.16. The summed E-state index contributed by atoms with van der Waals surface area (Å²) in [4.78, 5) is 24.0. The molecule has 2 N–H and O–H groups in total. The number of aromatic carboxylic acids is 1. The third-order valence-corrected chi connectivity index (χ3v) is 2.99. The van der Waals surface area contributed by atoms with E-state index in [0.717, 1.165) is 17.1 Å². The van der Waals surface area contributed by atoms with E-state index in [2.05, 4.69) is 20.1 Å². The van der Waals surface area contributed by atoms with Crippen molar-refractivity contribution in [2.45, 2.75) is 6.54 Å². The van der Waals surface area contributed by atoms with Gasteiger partial charge in [0.15, 0.2) is 0 Å². The van der Waals surface area contributed by atoms with Gasteiger partial charge in [0, 0.05) is 25.1 Å². The Kier molecular flexibility index (Phi) is 4.20. The molecule has 0 radical (unpaired) electrons. The summed E-state index contributed by atoms with van der Waals surface area (Å²) in [6.45, 7) is 0.345. The van der Waals surface area contributed by atoms with Crippen LogP contribution in [0.15, 0.2) is 24.3 Å². The second-order valence-corrected chi connectivity index (χ2v) is 4.69. The summed E-state index contributed by atoms with van der Waals surface area (Å²) in [7, 11) is 1.62. The van der Waals surface area contributed by atoms with Gasteiger partial charge >= 0.3 is 12.0 Å². The van der Waals surface area contributed by atoms with E-state index in [-0.39, 0.29) is 11.6 Å². The highest BCUT2D eigenvalue weighted by Crippen LogP contribution is 2.09. The smallest absolute Gasteiger partial charge is 0.335 e. The molecule has 1 heterocycles. The minimum atomic E-state index is -0.980. The minimum Gasteiger partial charge on any atom is -0.478 e. The topological polar surface area (TPSA) is 108 Å². The lowest BCUT2D eigenvalue weighted by Crippen LogP contribution is -2.30. The summed E-state index contributed by atoms with van der Waals surface area (Å²) in [6.07, 6.45) is 0. The standard InChI is InChI=1S/C11H11N5O3S/c1-16(11(19)12-10-13-14-15-20-10)6-7-2-4-8(5-3-7)9(17)18/h2-5H,6H2,1H3,(H,17,18)(H,12,13,15,19). The van der Waals surface area contributed by atoms with Crippen LogP contribution in [0.2, 0.25) is 0 Å². The molecule has 2 amide bonds. The fourth-order valence-corrected chi connectivity index (χ4v) is 1.82. The Labute approximate surface area is 118 Å². The molecule has 0 atom stereocenters. The maximum Gasteiger partial charge on any atom is 0.335 e. The number of carbonyl (C=O) groups excluding carboxylic acids is 1. The van der Waals surface area contributed by atoms with Crippen LogP contribution in [0.5, 0.6) is 0 Å². The van der Waals surface area contributed by atoms with Gasteiger partial charge in [-0.25, -0.2) is 9.59 Å². The monoisotopic (exact) mass is 293 g/mol. The molecule has 2 aromatic rings. The van der Waals surface area contributed by atoms with Gasteiger partial charge in [0.2, 0.25) is 5.13 Å². The molecule has 8 nitrogen and oxygen atoms in total. The number of rotatable bonds is 4. The number of carboxylic acids is 1. The number of hydrogen-bond donors (Lipinski definition) is 2. The highest BCUT2D eigenvalue weighted by molar-refractivity contribution is 7.09. The average molecular weight is 293 g/mol.